The number of halogens is 1. The van der Waals surface area contributed by atoms with Crippen LogP contribution in [0.15, 0.2) is 56.1 Å². The van der Waals surface area contributed by atoms with E-state index in [4.69, 9.17) is 13.9 Å². The monoisotopic (exact) mass is 472 g/mol. The van der Waals surface area contributed by atoms with Crippen LogP contribution < -0.4 is 10.2 Å². The van der Waals surface area contributed by atoms with Crippen LogP contribution in [0, 0.1) is 5.41 Å². The second kappa shape index (κ2) is 8.44. The van der Waals surface area contributed by atoms with E-state index in [9.17, 15) is 14.4 Å². The highest BCUT2D eigenvalue weighted by Crippen LogP contribution is 2.29. The normalized spacial score (nSPS) is 11.4. The SMILES string of the molecule is CCOC(=O)c1oc2cc(OC(=O)C(C)(C)C)ccc2c(=O)c1-c1ccc(Br)cc1. The van der Waals surface area contributed by atoms with Gasteiger partial charge in [0.25, 0.3) is 0 Å². The van der Waals surface area contributed by atoms with E-state index in [0.717, 1.165) is 4.47 Å². The zero-order valence-electron chi connectivity index (χ0n) is 17.1. The second-order valence-corrected chi connectivity index (χ2v) is 8.58. The molecule has 0 amide bonds. The lowest BCUT2D eigenvalue weighted by atomic mass is 9.97. The number of carbonyl (C=O) groups excluding carboxylic acids is 2. The molecule has 0 fully saturated rings. The van der Waals surface area contributed by atoms with Gasteiger partial charge in [0, 0.05) is 10.5 Å². The van der Waals surface area contributed by atoms with Crippen LogP contribution in [0.4, 0.5) is 0 Å². The number of rotatable bonds is 4. The van der Waals surface area contributed by atoms with Crippen molar-refractivity contribution in [2.24, 2.45) is 5.41 Å². The van der Waals surface area contributed by atoms with Crippen molar-refractivity contribution in [2.75, 3.05) is 6.61 Å². The highest BCUT2D eigenvalue weighted by molar-refractivity contribution is 9.10. The van der Waals surface area contributed by atoms with Crippen molar-refractivity contribution < 1.29 is 23.5 Å². The highest BCUT2D eigenvalue weighted by atomic mass is 79.9. The lowest BCUT2D eigenvalue weighted by Crippen LogP contribution is -2.25. The number of ether oxygens (including phenoxy) is 2. The number of esters is 2. The number of hydrogen-bond donors (Lipinski definition) is 0. The van der Waals surface area contributed by atoms with Crippen molar-refractivity contribution in [3.63, 3.8) is 0 Å². The Morgan fingerprint density at radius 3 is 2.33 bits per heavy atom. The van der Waals surface area contributed by atoms with Crippen LogP contribution >= 0.6 is 15.9 Å². The van der Waals surface area contributed by atoms with E-state index < -0.39 is 17.4 Å². The van der Waals surface area contributed by atoms with Gasteiger partial charge in [-0.2, -0.15) is 0 Å². The molecule has 7 heteroatoms. The Hall–Kier alpha value is -2.93. The fourth-order valence-corrected chi connectivity index (χ4v) is 2.98. The maximum absolute atomic E-state index is 13.2. The van der Waals surface area contributed by atoms with Gasteiger partial charge in [-0.25, -0.2) is 4.79 Å². The van der Waals surface area contributed by atoms with Gasteiger partial charge in [0.2, 0.25) is 11.2 Å². The molecule has 0 aliphatic heterocycles. The first-order valence-electron chi connectivity index (χ1n) is 9.38. The Bertz CT molecular complexity index is 1170. The molecule has 30 heavy (non-hydrogen) atoms. The van der Waals surface area contributed by atoms with Crippen molar-refractivity contribution in [1.82, 2.24) is 0 Å². The van der Waals surface area contributed by atoms with Gasteiger partial charge in [0.15, 0.2) is 0 Å². The van der Waals surface area contributed by atoms with Gasteiger partial charge in [-0.3, -0.25) is 9.59 Å². The first-order valence-corrected chi connectivity index (χ1v) is 10.2. The molecule has 0 saturated carbocycles. The molecular formula is C23H21BrO6. The van der Waals surface area contributed by atoms with E-state index in [2.05, 4.69) is 15.9 Å². The van der Waals surface area contributed by atoms with E-state index in [0.29, 0.717) is 5.56 Å². The van der Waals surface area contributed by atoms with E-state index in [1.807, 2.05) is 0 Å². The summed E-state index contributed by atoms with van der Waals surface area (Å²) in [5, 5.41) is 0.261. The molecule has 0 saturated heterocycles. The fourth-order valence-electron chi connectivity index (χ4n) is 2.72. The third kappa shape index (κ3) is 4.46. The minimum atomic E-state index is -0.744. The molecule has 1 aromatic heterocycles. The Labute approximate surface area is 181 Å². The summed E-state index contributed by atoms with van der Waals surface area (Å²) in [4.78, 5) is 38.0. The Morgan fingerprint density at radius 2 is 1.73 bits per heavy atom. The maximum Gasteiger partial charge on any atom is 0.375 e. The predicted molar refractivity (Wildman–Crippen MR) is 117 cm³/mol. The molecule has 0 bridgehead atoms. The number of carbonyl (C=O) groups is 2. The quantitative estimate of drug-likeness (QED) is 0.375. The molecule has 1 heterocycles. The van der Waals surface area contributed by atoms with Crippen molar-refractivity contribution in [2.45, 2.75) is 27.7 Å². The lowest BCUT2D eigenvalue weighted by molar-refractivity contribution is -0.142. The van der Waals surface area contributed by atoms with Crippen molar-refractivity contribution in [3.8, 4) is 16.9 Å². The van der Waals surface area contributed by atoms with Gasteiger partial charge >= 0.3 is 11.9 Å². The molecule has 0 atom stereocenters. The Morgan fingerprint density at radius 1 is 1.07 bits per heavy atom. The van der Waals surface area contributed by atoms with Crippen LogP contribution in [0.3, 0.4) is 0 Å². The third-order valence-electron chi connectivity index (χ3n) is 4.28. The minimum Gasteiger partial charge on any atom is -0.460 e. The first kappa shape index (κ1) is 21.8. The van der Waals surface area contributed by atoms with Gasteiger partial charge in [-0.15, -0.1) is 0 Å². The summed E-state index contributed by atoms with van der Waals surface area (Å²) in [5.41, 5.74) is -0.302. The van der Waals surface area contributed by atoms with Gasteiger partial charge in [0.05, 0.1) is 23.0 Å². The van der Waals surface area contributed by atoms with E-state index in [1.165, 1.54) is 18.2 Å². The highest BCUT2D eigenvalue weighted by Gasteiger charge is 2.26. The summed E-state index contributed by atoms with van der Waals surface area (Å²) < 4.78 is 17.1. The molecule has 3 aromatic rings. The molecule has 0 radical (unpaired) electrons. The van der Waals surface area contributed by atoms with Crippen LogP contribution in [0.1, 0.15) is 38.2 Å². The number of fused-ring (bicyclic) bond motifs is 1. The summed E-state index contributed by atoms with van der Waals surface area (Å²) >= 11 is 3.36. The molecule has 3 rings (SSSR count). The molecular weight excluding hydrogens is 452 g/mol. The summed E-state index contributed by atoms with van der Waals surface area (Å²) in [5.74, 6) is -1.15. The summed E-state index contributed by atoms with van der Waals surface area (Å²) in [6.45, 7) is 7.00. The van der Waals surface area contributed by atoms with E-state index in [1.54, 1.807) is 52.0 Å². The largest absolute Gasteiger partial charge is 0.460 e. The number of hydrogen-bond acceptors (Lipinski definition) is 6. The standard InChI is InChI=1S/C23H21BrO6/c1-5-28-21(26)20-18(13-6-8-14(24)9-7-13)19(25)16-11-10-15(12-17(16)30-20)29-22(27)23(2,3)4/h6-12H,5H2,1-4H3. The summed E-state index contributed by atoms with van der Waals surface area (Å²) in [6.07, 6.45) is 0. The smallest absolute Gasteiger partial charge is 0.375 e. The van der Waals surface area contributed by atoms with Gasteiger partial charge in [-0.05, 0) is 57.5 Å². The summed E-state index contributed by atoms with van der Waals surface area (Å²) in [7, 11) is 0. The van der Waals surface area contributed by atoms with Crippen LogP contribution in [0.25, 0.3) is 22.1 Å². The first-order chi connectivity index (χ1) is 14.1. The fraction of sp³-hybridized carbons (Fsp3) is 0.261. The molecule has 0 spiro atoms. The van der Waals surface area contributed by atoms with Gasteiger partial charge < -0.3 is 13.9 Å². The summed E-state index contributed by atoms with van der Waals surface area (Å²) in [6, 6.07) is 11.4. The van der Waals surface area contributed by atoms with Crippen LogP contribution in [-0.4, -0.2) is 18.5 Å². The van der Waals surface area contributed by atoms with Crippen LogP contribution in [0.5, 0.6) is 5.75 Å². The molecule has 0 unspecified atom stereocenters. The Kier molecular flexibility index (Phi) is 6.12. The van der Waals surface area contributed by atoms with Crippen molar-refractivity contribution in [1.29, 1.82) is 0 Å². The zero-order valence-corrected chi connectivity index (χ0v) is 18.7. The van der Waals surface area contributed by atoms with Crippen LogP contribution in [0.2, 0.25) is 0 Å². The molecule has 0 aliphatic rings. The molecule has 0 N–H and O–H groups in total. The van der Waals surface area contributed by atoms with E-state index >= 15 is 0 Å². The number of benzene rings is 2. The van der Waals surface area contributed by atoms with Crippen LogP contribution in [-0.2, 0) is 9.53 Å². The average Bonchev–Trinajstić information content (AvgIpc) is 2.68. The average molecular weight is 473 g/mol. The van der Waals surface area contributed by atoms with Crippen molar-refractivity contribution in [3.05, 3.63) is 62.9 Å². The zero-order chi connectivity index (χ0) is 22.1. The van der Waals surface area contributed by atoms with Gasteiger partial charge in [-0.1, -0.05) is 28.1 Å². The topological polar surface area (TPSA) is 82.8 Å². The molecule has 6 nitrogen and oxygen atoms in total. The van der Waals surface area contributed by atoms with Gasteiger partial charge in [0.1, 0.15) is 11.3 Å². The predicted octanol–water partition coefficient (Wildman–Crippen LogP) is 5.35. The lowest BCUT2D eigenvalue weighted by Gasteiger charge is -2.16. The molecule has 2 aromatic carbocycles. The Balaban J connectivity index is 2.20. The third-order valence-corrected chi connectivity index (χ3v) is 4.81. The minimum absolute atomic E-state index is 0.118. The second-order valence-electron chi connectivity index (χ2n) is 7.66. The molecule has 0 aliphatic carbocycles. The maximum atomic E-state index is 13.2. The van der Waals surface area contributed by atoms with Crippen molar-refractivity contribution >= 4 is 38.8 Å². The van der Waals surface area contributed by atoms with E-state index in [-0.39, 0.29) is 40.1 Å². The molecule has 156 valence electrons.